The molecule has 0 radical (unpaired) electrons. The van der Waals surface area contributed by atoms with Gasteiger partial charge in [0, 0.05) is 24.4 Å². The first-order valence-electron chi connectivity index (χ1n) is 7.48. The predicted octanol–water partition coefficient (Wildman–Crippen LogP) is 2.72. The Kier molecular flexibility index (Phi) is 5.83. The third-order valence-electron chi connectivity index (χ3n) is 4.01. The molecule has 2 rings (SSSR count). The highest BCUT2D eigenvalue weighted by molar-refractivity contribution is 8.14. The summed E-state index contributed by atoms with van der Waals surface area (Å²) in [7, 11) is 0. The summed E-state index contributed by atoms with van der Waals surface area (Å²) in [5.41, 5.74) is 0. The lowest BCUT2D eigenvalue weighted by Crippen LogP contribution is -2.39. The number of nitrogens with one attached hydrogen (secondary N) is 1. The second kappa shape index (κ2) is 7.39. The summed E-state index contributed by atoms with van der Waals surface area (Å²) in [6.07, 6.45) is 6.65. The van der Waals surface area contributed by atoms with Gasteiger partial charge in [-0.15, -0.1) is 0 Å². The van der Waals surface area contributed by atoms with E-state index in [9.17, 15) is 0 Å². The van der Waals surface area contributed by atoms with E-state index in [1.54, 1.807) is 0 Å². The van der Waals surface area contributed by atoms with Crippen molar-refractivity contribution in [2.45, 2.75) is 57.2 Å². The quantitative estimate of drug-likeness (QED) is 0.778. The second-order valence-corrected chi connectivity index (χ2v) is 6.74. The Morgan fingerprint density at radius 3 is 3.06 bits per heavy atom. The molecule has 0 amide bonds. The molecule has 1 fully saturated rings. The van der Waals surface area contributed by atoms with Crippen molar-refractivity contribution in [1.82, 2.24) is 10.2 Å². The molecule has 2 aliphatic heterocycles. The average Bonchev–Trinajstić information content (AvgIpc) is 2.84. The Labute approximate surface area is 116 Å². The minimum atomic E-state index is 0.717. The number of rotatable bonds is 5. The number of likely N-dealkylation sites (tertiary alicyclic amines) is 1. The number of nitrogens with zero attached hydrogens (tertiary/aromatic N) is 2. The van der Waals surface area contributed by atoms with Crippen molar-refractivity contribution in [3.63, 3.8) is 0 Å². The van der Waals surface area contributed by atoms with Crippen LogP contribution in [0.2, 0.25) is 0 Å². The average molecular weight is 269 g/mol. The van der Waals surface area contributed by atoms with Gasteiger partial charge in [-0.25, -0.2) is 0 Å². The highest BCUT2D eigenvalue weighted by Gasteiger charge is 2.18. The summed E-state index contributed by atoms with van der Waals surface area (Å²) >= 11 is 1.92. The Bertz CT molecular complexity index is 280. The van der Waals surface area contributed by atoms with E-state index in [-0.39, 0.29) is 0 Å². The molecule has 0 saturated carbocycles. The van der Waals surface area contributed by atoms with Crippen LogP contribution in [0.15, 0.2) is 4.99 Å². The maximum absolute atomic E-state index is 4.54. The first kappa shape index (κ1) is 14.2. The van der Waals surface area contributed by atoms with Gasteiger partial charge >= 0.3 is 0 Å². The zero-order chi connectivity index (χ0) is 12.8. The van der Waals surface area contributed by atoms with Gasteiger partial charge in [-0.1, -0.05) is 25.1 Å². The maximum atomic E-state index is 4.54. The van der Waals surface area contributed by atoms with Crippen molar-refractivity contribution in [1.29, 1.82) is 0 Å². The van der Waals surface area contributed by atoms with Crippen LogP contribution in [0, 0.1) is 0 Å². The Balaban J connectivity index is 1.56. The van der Waals surface area contributed by atoms with Crippen LogP contribution in [0.4, 0.5) is 0 Å². The molecule has 2 atom stereocenters. The SMILES string of the molecule is CCC1CN=C(NCCCN2CCCCC2C)S1. The van der Waals surface area contributed by atoms with E-state index in [1.165, 1.54) is 50.4 Å². The smallest absolute Gasteiger partial charge is 0.156 e. The van der Waals surface area contributed by atoms with Crippen LogP contribution in [0.1, 0.15) is 46.0 Å². The van der Waals surface area contributed by atoms with E-state index in [0.717, 1.165) is 24.4 Å². The normalized spacial score (nSPS) is 29.3. The van der Waals surface area contributed by atoms with Crippen LogP contribution in [-0.2, 0) is 0 Å². The molecule has 3 nitrogen and oxygen atoms in total. The van der Waals surface area contributed by atoms with Crippen molar-refractivity contribution in [2.24, 2.45) is 4.99 Å². The van der Waals surface area contributed by atoms with Gasteiger partial charge < -0.3 is 10.2 Å². The van der Waals surface area contributed by atoms with Crippen LogP contribution >= 0.6 is 11.8 Å². The summed E-state index contributed by atoms with van der Waals surface area (Å²) < 4.78 is 0. The fourth-order valence-electron chi connectivity index (χ4n) is 2.69. The van der Waals surface area contributed by atoms with E-state index in [0.29, 0.717) is 0 Å². The molecule has 1 saturated heterocycles. The van der Waals surface area contributed by atoms with Crippen LogP contribution in [0.5, 0.6) is 0 Å². The number of aliphatic imine (C=N–C) groups is 1. The third-order valence-corrected chi connectivity index (χ3v) is 5.32. The van der Waals surface area contributed by atoms with Crippen LogP contribution in [-0.4, -0.2) is 47.5 Å². The largest absolute Gasteiger partial charge is 0.365 e. The number of hydrogen-bond acceptors (Lipinski definition) is 4. The monoisotopic (exact) mass is 269 g/mol. The molecule has 2 heterocycles. The lowest BCUT2D eigenvalue weighted by atomic mass is 10.0. The van der Waals surface area contributed by atoms with Crippen molar-refractivity contribution in [2.75, 3.05) is 26.2 Å². The standard InChI is InChI=1S/C14H27N3S/c1-3-13-11-16-14(18-13)15-8-6-10-17-9-5-4-7-12(17)2/h12-13H,3-11H2,1-2H3,(H,15,16). The lowest BCUT2D eigenvalue weighted by molar-refractivity contribution is 0.159. The zero-order valence-corrected chi connectivity index (χ0v) is 12.6. The molecule has 18 heavy (non-hydrogen) atoms. The van der Waals surface area contributed by atoms with Crippen molar-refractivity contribution in [3.05, 3.63) is 0 Å². The van der Waals surface area contributed by atoms with Gasteiger partial charge in [0.15, 0.2) is 5.17 Å². The molecule has 2 unspecified atom stereocenters. The molecule has 0 aromatic heterocycles. The molecule has 0 bridgehead atoms. The van der Waals surface area contributed by atoms with Gasteiger partial charge in [-0.3, -0.25) is 4.99 Å². The third kappa shape index (κ3) is 4.16. The Morgan fingerprint density at radius 2 is 2.33 bits per heavy atom. The van der Waals surface area contributed by atoms with Gasteiger partial charge in [0.2, 0.25) is 0 Å². The van der Waals surface area contributed by atoms with Gasteiger partial charge in [-0.2, -0.15) is 0 Å². The topological polar surface area (TPSA) is 27.6 Å². The number of amidine groups is 1. The molecule has 1 N–H and O–H groups in total. The van der Waals surface area contributed by atoms with E-state index in [4.69, 9.17) is 0 Å². The second-order valence-electron chi connectivity index (χ2n) is 5.46. The lowest BCUT2D eigenvalue weighted by Gasteiger charge is -2.33. The number of hydrogen-bond donors (Lipinski definition) is 1. The molecule has 2 aliphatic rings. The summed E-state index contributed by atoms with van der Waals surface area (Å²) in [5.74, 6) is 0. The molecule has 0 aromatic carbocycles. The number of thioether (sulfide) groups is 1. The molecular weight excluding hydrogens is 242 g/mol. The zero-order valence-electron chi connectivity index (χ0n) is 11.8. The molecule has 4 heteroatoms. The van der Waals surface area contributed by atoms with E-state index in [1.807, 2.05) is 11.8 Å². The number of piperidine rings is 1. The van der Waals surface area contributed by atoms with Gasteiger partial charge in [0.05, 0.1) is 6.54 Å². The minimum Gasteiger partial charge on any atom is -0.365 e. The summed E-state index contributed by atoms with van der Waals surface area (Å²) in [5, 5.41) is 5.38. The van der Waals surface area contributed by atoms with Crippen LogP contribution < -0.4 is 5.32 Å². The fraction of sp³-hybridized carbons (Fsp3) is 0.929. The fourth-order valence-corrected chi connectivity index (χ4v) is 3.66. The van der Waals surface area contributed by atoms with E-state index < -0.39 is 0 Å². The molecule has 0 spiro atoms. The first-order chi connectivity index (χ1) is 8.79. The van der Waals surface area contributed by atoms with Crippen molar-refractivity contribution in [3.8, 4) is 0 Å². The van der Waals surface area contributed by atoms with Gasteiger partial charge in [-0.05, 0) is 39.2 Å². The highest BCUT2D eigenvalue weighted by atomic mass is 32.2. The molecule has 104 valence electrons. The van der Waals surface area contributed by atoms with E-state index in [2.05, 4.69) is 29.1 Å². The molecular formula is C14H27N3S. The summed E-state index contributed by atoms with van der Waals surface area (Å²) in [4.78, 5) is 7.18. The minimum absolute atomic E-state index is 0.717. The first-order valence-corrected chi connectivity index (χ1v) is 8.36. The summed E-state index contributed by atoms with van der Waals surface area (Å²) in [6, 6.07) is 0.793. The van der Waals surface area contributed by atoms with E-state index >= 15 is 0 Å². The predicted molar refractivity (Wildman–Crippen MR) is 81.5 cm³/mol. The molecule has 0 aromatic rings. The van der Waals surface area contributed by atoms with Gasteiger partial charge in [0.1, 0.15) is 0 Å². The molecule has 0 aliphatic carbocycles. The van der Waals surface area contributed by atoms with Crippen molar-refractivity contribution < 1.29 is 0 Å². The Morgan fingerprint density at radius 1 is 1.44 bits per heavy atom. The van der Waals surface area contributed by atoms with Crippen molar-refractivity contribution >= 4 is 16.9 Å². The van der Waals surface area contributed by atoms with Gasteiger partial charge in [0.25, 0.3) is 0 Å². The maximum Gasteiger partial charge on any atom is 0.156 e. The highest BCUT2D eigenvalue weighted by Crippen LogP contribution is 2.22. The summed E-state index contributed by atoms with van der Waals surface area (Å²) in [6.45, 7) is 9.24. The van der Waals surface area contributed by atoms with Crippen LogP contribution in [0.25, 0.3) is 0 Å². The van der Waals surface area contributed by atoms with Crippen LogP contribution in [0.3, 0.4) is 0 Å². The Hall–Kier alpha value is -0.220.